The third-order valence-electron chi connectivity index (χ3n) is 3.17. The molecule has 0 spiro atoms. The number of amides is 2. The molecule has 122 valence electrons. The van der Waals surface area contributed by atoms with E-state index in [1.807, 2.05) is 19.0 Å². The summed E-state index contributed by atoms with van der Waals surface area (Å²) in [6.07, 6.45) is 1.07. The first-order chi connectivity index (χ1) is 10.4. The molecule has 0 aliphatic rings. The second-order valence-electron chi connectivity index (χ2n) is 5.41. The molecule has 1 aromatic carbocycles. The van der Waals surface area contributed by atoms with Gasteiger partial charge in [-0.05, 0) is 45.3 Å². The first kappa shape index (κ1) is 18.1. The summed E-state index contributed by atoms with van der Waals surface area (Å²) in [5.74, 6) is -0.732. The Morgan fingerprint density at radius 1 is 1.23 bits per heavy atom. The van der Waals surface area contributed by atoms with Crippen LogP contribution < -0.4 is 10.2 Å². The Kier molecular flexibility index (Phi) is 7.52. The van der Waals surface area contributed by atoms with Crippen molar-refractivity contribution in [3.63, 3.8) is 0 Å². The third-order valence-corrected chi connectivity index (χ3v) is 3.17. The molecule has 0 aromatic heterocycles. The molecular weight excluding hydrogens is 285 g/mol. The average molecular weight is 309 g/mol. The summed E-state index contributed by atoms with van der Waals surface area (Å²) >= 11 is 0. The van der Waals surface area contributed by atoms with Gasteiger partial charge in [-0.25, -0.2) is 4.39 Å². The third kappa shape index (κ3) is 6.67. The Balaban J connectivity index is 2.45. The summed E-state index contributed by atoms with van der Waals surface area (Å²) in [7, 11) is 3.96. The van der Waals surface area contributed by atoms with Gasteiger partial charge in [-0.2, -0.15) is 0 Å². The van der Waals surface area contributed by atoms with Crippen LogP contribution in [0.3, 0.4) is 0 Å². The Labute approximate surface area is 131 Å². The molecule has 0 bridgehead atoms. The zero-order valence-corrected chi connectivity index (χ0v) is 13.4. The molecule has 0 heterocycles. The van der Waals surface area contributed by atoms with Gasteiger partial charge in [-0.3, -0.25) is 9.59 Å². The number of halogens is 1. The minimum Gasteiger partial charge on any atom is -0.356 e. The summed E-state index contributed by atoms with van der Waals surface area (Å²) in [6, 6.07) is 5.80. The smallest absolute Gasteiger partial charge is 0.223 e. The molecular formula is C16H24FN3O2. The fraction of sp³-hybridized carbons (Fsp3) is 0.500. The van der Waals surface area contributed by atoms with Crippen LogP contribution in [0.4, 0.5) is 10.1 Å². The number of anilines is 1. The van der Waals surface area contributed by atoms with E-state index in [4.69, 9.17) is 0 Å². The molecule has 2 amide bonds. The van der Waals surface area contributed by atoms with Gasteiger partial charge in [0.05, 0.1) is 0 Å². The van der Waals surface area contributed by atoms with Crippen LogP contribution in [-0.4, -0.2) is 50.4 Å². The lowest BCUT2D eigenvalue weighted by atomic mass is 10.2. The molecule has 0 atom stereocenters. The first-order valence-electron chi connectivity index (χ1n) is 7.35. The monoisotopic (exact) mass is 309 g/mol. The summed E-state index contributed by atoms with van der Waals surface area (Å²) in [5.41, 5.74) is 0.466. The van der Waals surface area contributed by atoms with Crippen LogP contribution in [0.2, 0.25) is 0 Å². The molecule has 6 heteroatoms. The highest BCUT2D eigenvalue weighted by Gasteiger charge is 2.13. The van der Waals surface area contributed by atoms with Gasteiger partial charge >= 0.3 is 0 Å². The van der Waals surface area contributed by atoms with Gasteiger partial charge in [0.15, 0.2) is 0 Å². The van der Waals surface area contributed by atoms with Crippen molar-refractivity contribution in [1.29, 1.82) is 0 Å². The van der Waals surface area contributed by atoms with Crippen LogP contribution in [0.15, 0.2) is 24.3 Å². The molecule has 0 radical (unpaired) electrons. The van der Waals surface area contributed by atoms with Crippen molar-refractivity contribution in [3.8, 4) is 0 Å². The molecule has 0 aliphatic carbocycles. The van der Waals surface area contributed by atoms with Gasteiger partial charge in [0.2, 0.25) is 11.8 Å². The minimum absolute atomic E-state index is 0.110. The summed E-state index contributed by atoms with van der Waals surface area (Å²) in [6.45, 7) is 3.15. The van der Waals surface area contributed by atoms with E-state index in [1.54, 1.807) is 12.1 Å². The normalized spacial score (nSPS) is 10.6. The average Bonchev–Trinajstić information content (AvgIpc) is 2.43. The standard InChI is InChI=1S/C16H24FN3O2/c1-13(21)20(15-7-4-6-14(17)12-15)11-8-16(22)18-9-5-10-19(2)3/h4,6-7,12H,5,8-11H2,1-3H3,(H,18,22). The van der Waals surface area contributed by atoms with Crippen molar-refractivity contribution in [2.75, 3.05) is 38.6 Å². The van der Waals surface area contributed by atoms with E-state index in [1.165, 1.54) is 24.0 Å². The van der Waals surface area contributed by atoms with E-state index in [0.29, 0.717) is 12.2 Å². The van der Waals surface area contributed by atoms with Gasteiger partial charge in [0.1, 0.15) is 5.82 Å². The second-order valence-corrected chi connectivity index (χ2v) is 5.41. The maximum absolute atomic E-state index is 13.2. The lowest BCUT2D eigenvalue weighted by Gasteiger charge is -2.21. The van der Waals surface area contributed by atoms with Gasteiger partial charge in [0.25, 0.3) is 0 Å². The van der Waals surface area contributed by atoms with Gasteiger partial charge in [0, 0.05) is 32.1 Å². The van der Waals surface area contributed by atoms with Crippen molar-refractivity contribution >= 4 is 17.5 Å². The van der Waals surface area contributed by atoms with Crippen molar-refractivity contribution in [2.24, 2.45) is 0 Å². The van der Waals surface area contributed by atoms with Crippen LogP contribution in [0.5, 0.6) is 0 Å². The number of carbonyl (C=O) groups is 2. The molecule has 1 N–H and O–H groups in total. The van der Waals surface area contributed by atoms with Crippen LogP contribution in [0.25, 0.3) is 0 Å². The molecule has 5 nitrogen and oxygen atoms in total. The largest absolute Gasteiger partial charge is 0.356 e. The quantitative estimate of drug-likeness (QED) is 0.743. The van der Waals surface area contributed by atoms with E-state index in [0.717, 1.165) is 13.0 Å². The fourth-order valence-corrected chi connectivity index (χ4v) is 2.04. The van der Waals surface area contributed by atoms with Crippen molar-refractivity contribution in [2.45, 2.75) is 19.8 Å². The maximum Gasteiger partial charge on any atom is 0.223 e. The van der Waals surface area contributed by atoms with E-state index in [-0.39, 0.29) is 24.8 Å². The molecule has 1 aromatic rings. The Morgan fingerprint density at radius 3 is 2.55 bits per heavy atom. The summed E-state index contributed by atoms with van der Waals surface area (Å²) in [4.78, 5) is 26.9. The molecule has 0 unspecified atom stereocenters. The second kappa shape index (κ2) is 9.15. The molecule has 22 heavy (non-hydrogen) atoms. The molecule has 0 aliphatic heterocycles. The fourth-order valence-electron chi connectivity index (χ4n) is 2.04. The maximum atomic E-state index is 13.2. The molecule has 0 saturated heterocycles. The van der Waals surface area contributed by atoms with E-state index in [9.17, 15) is 14.0 Å². The van der Waals surface area contributed by atoms with Gasteiger partial charge in [-0.15, -0.1) is 0 Å². The van der Waals surface area contributed by atoms with Crippen LogP contribution >= 0.6 is 0 Å². The van der Waals surface area contributed by atoms with Crippen molar-refractivity contribution in [1.82, 2.24) is 10.2 Å². The highest BCUT2D eigenvalue weighted by atomic mass is 19.1. The molecule has 0 fully saturated rings. The zero-order chi connectivity index (χ0) is 16.5. The highest BCUT2D eigenvalue weighted by Crippen LogP contribution is 2.16. The number of rotatable bonds is 8. The van der Waals surface area contributed by atoms with Crippen LogP contribution in [0.1, 0.15) is 19.8 Å². The topological polar surface area (TPSA) is 52.7 Å². The van der Waals surface area contributed by atoms with E-state index in [2.05, 4.69) is 5.32 Å². The van der Waals surface area contributed by atoms with Crippen LogP contribution in [-0.2, 0) is 9.59 Å². The molecule has 0 saturated carbocycles. The predicted octanol–water partition coefficient (Wildman–Crippen LogP) is 1.64. The van der Waals surface area contributed by atoms with Crippen molar-refractivity contribution < 1.29 is 14.0 Å². The Bertz CT molecular complexity index is 506. The number of nitrogens with zero attached hydrogens (tertiary/aromatic N) is 2. The highest BCUT2D eigenvalue weighted by molar-refractivity contribution is 5.92. The minimum atomic E-state index is -0.406. The number of benzene rings is 1. The van der Waals surface area contributed by atoms with E-state index < -0.39 is 5.82 Å². The van der Waals surface area contributed by atoms with Crippen molar-refractivity contribution in [3.05, 3.63) is 30.1 Å². The van der Waals surface area contributed by atoms with Crippen LogP contribution in [0, 0.1) is 5.82 Å². The lowest BCUT2D eigenvalue weighted by molar-refractivity contribution is -0.121. The Morgan fingerprint density at radius 2 is 1.95 bits per heavy atom. The number of carbonyl (C=O) groups excluding carboxylic acids is 2. The zero-order valence-electron chi connectivity index (χ0n) is 13.4. The first-order valence-corrected chi connectivity index (χ1v) is 7.35. The molecule has 1 rings (SSSR count). The number of nitrogens with one attached hydrogen (secondary N) is 1. The summed E-state index contributed by atoms with van der Waals surface area (Å²) < 4.78 is 13.2. The summed E-state index contributed by atoms with van der Waals surface area (Å²) in [5, 5.41) is 2.82. The number of hydrogen-bond acceptors (Lipinski definition) is 3. The number of hydrogen-bond donors (Lipinski definition) is 1. The predicted molar refractivity (Wildman–Crippen MR) is 85.2 cm³/mol. The van der Waals surface area contributed by atoms with Gasteiger partial charge < -0.3 is 15.1 Å². The Hall–Kier alpha value is -1.95. The van der Waals surface area contributed by atoms with Gasteiger partial charge in [-0.1, -0.05) is 6.07 Å². The lowest BCUT2D eigenvalue weighted by Crippen LogP contribution is -2.34. The van der Waals surface area contributed by atoms with E-state index >= 15 is 0 Å². The SMILES string of the molecule is CC(=O)N(CCC(=O)NCCCN(C)C)c1cccc(F)c1.